The van der Waals surface area contributed by atoms with Gasteiger partial charge in [0.2, 0.25) is 0 Å². The summed E-state index contributed by atoms with van der Waals surface area (Å²) < 4.78 is 0. The molecule has 0 bridgehead atoms. The number of nitrogens with one attached hydrogen (secondary N) is 1. The van der Waals surface area contributed by atoms with Crippen molar-refractivity contribution in [1.29, 1.82) is 0 Å². The maximum atomic E-state index is 12.0. The first-order chi connectivity index (χ1) is 11.9. The van der Waals surface area contributed by atoms with Crippen LogP contribution in [0.4, 0.5) is 11.4 Å². The third-order valence-electron chi connectivity index (χ3n) is 3.25. The minimum Gasteiger partial charge on any atom is -0.301 e. The number of nitrogens with zero attached hydrogens (tertiary/aromatic N) is 4. The van der Waals surface area contributed by atoms with Gasteiger partial charge in [0.1, 0.15) is 0 Å². The summed E-state index contributed by atoms with van der Waals surface area (Å²) in [5, 5.41) is 22.5. The zero-order valence-electron chi connectivity index (χ0n) is 12.4. The van der Waals surface area contributed by atoms with Crippen LogP contribution in [0.3, 0.4) is 0 Å². The Hall–Kier alpha value is -3.34. The van der Waals surface area contributed by atoms with E-state index in [2.05, 4.69) is 15.0 Å². The van der Waals surface area contributed by atoms with Crippen molar-refractivity contribution in [3.8, 4) is 0 Å². The highest BCUT2D eigenvalue weighted by atomic mass is 32.2. The molecule has 2 heterocycles. The average molecular weight is 359 g/mol. The summed E-state index contributed by atoms with van der Waals surface area (Å²) in [5.41, 5.74) is -0.276. The Labute approximate surface area is 143 Å². The van der Waals surface area contributed by atoms with Crippen LogP contribution < -0.4 is 5.56 Å². The summed E-state index contributed by atoms with van der Waals surface area (Å²) >= 11 is 1.10. The van der Waals surface area contributed by atoms with Crippen molar-refractivity contribution in [2.45, 2.75) is 10.9 Å². The summed E-state index contributed by atoms with van der Waals surface area (Å²) in [6, 6.07) is 4.94. The normalized spacial score (nSPS) is 10.7. The Morgan fingerprint density at radius 3 is 2.44 bits per heavy atom. The number of thioether (sulfide) groups is 1. The molecule has 10 nitrogen and oxygen atoms in total. The molecule has 0 unspecified atom stereocenters. The molecule has 2 aromatic heterocycles. The lowest BCUT2D eigenvalue weighted by Gasteiger charge is -2.03. The monoisotopic (exact) mass is 359 g/mol. The lowest BCUT2D eigenvalue weighted by atomic mass is 10.2. The zero-order valence-corrected chi connectivity index (χ0v) is 13.2. The Kier molecular flexibility index (Phi) is 4.39. The first-order valence-corrected chi connectivity index (χ1v) is 7.82. The number of aromatic amines is 1. The van der Waals surface area contributed by atoms with E-state index < -0.39 is 9.85 Å². The second-order valence-electron chi connectivity index (χ2n) is 4.92. The van der Waals surface area contributed by atoms with E-state index in [9.17, 15) is 25.0 Å². The Morgan fingerprint density at radius 1 is 1.12 bits per heavy atom. The van der Waals surface area contributed by atoms with Crippen molar-refractivity contribution in [1.82, 2.24) is 15.0 Å². The minimum atomic E-state index is -0.691. The molecular formula is C14H9N5O5S. The molecule has 0 atom stereocenters. The number of aromatic nitrogens is 3. The van der Waals surface area contributed by atoms with Crippen LogP contribution in [-0.2, 0) is 5.75 Å². The van der Waals surface area contributed by atoms with Gasteiger partial charge in [0, 0.05) is 24.1 Å². The molecular weight excluding hydrogens is 350 g/mol. The van der Waals surface area contributed by atoms with Gasteiger partial charge < -0.3 is 4.98 Å². The molecule has 0 amide bonds. The minimum absolute atomic E-state index is 0.164. The lowest BCUT2D eigenvalue weighted by molar-refractivity contribution is -0.394. The van der Waals surface area contributed by atoms with Crippen LogP contribution in [0.15, 0.2) is 46.6 Å². The second-order valence-corrected chi connectivity index (χ2v) is 5.89. The Morgan fingerprint density at radius 2 is 1.80 bits per heavy atom. The predicted octanol–water partition coefficient (Wildman–Crippen LogP) is 2.43. The maximum Gasteiger partial charge on any atom is 0.276 e. The van der Waals surface area contributed by atoms with Crippen LogP contribution in [0.5, 0.6) is 0 Å². The number of pyridine rings is 1. The van der Waals surface area contributed by atoms with E-state index in [1.807, 2.05) is 0 Å². The van der Waals surface area contributed by atoms with Crippen LogP contribution in [-0.4, -0.2) is 24.8 Å². The number of nitro benzene ring substituents is 2. The third kappa shape index (κ3) is 3.61. The number of nitro groups is 2. The molecule has 3 rings (SSSR count). The number of fused-ring (bicyclic) bond motifs is 1. The molecule has 0 saturated heterocycles. The summed E-state index contributed by atoms with van der Waals surface area (Å²) in [5.74, 6) is 0.164. The van der Waals surface area contributed by atoms with Gasteiger partial charge in [-0.2, -0.15) is 0 Å². The van der Waals surface area contributed by atoms with Crippen molar-refractivity contribution in [2.75, 3.05) is 0 Å². The molecule has 0 aliphatic carbocycles. The van der Waals surface area contributed by atoms with Gasteiger partial charge >= 0.3 is 0 Å². The molecule has 11 heteroatoms. The molecule has 126 valence electrons. The maximum absolute atomic E-state index is 12.0. The second kappa shape index (κ2) is 6.65. The van der Waals surface area contributed by atoms with Gasteiger partial charge in [0.25, 0.3) is 16.9 Å². The van der Waals surface area contributed by atoms with Crippen molar-refractivity contribution in [2.24, 2.45) is 0 Å². The fourth-order valence-corrected chi connectivity index (χ4v) is 2.94. The first kappa shape index (κ1) is 16.5. The molecule has 0 aliphatic rings. The molecule has 0 fully saturated rings. The van der Waals surface area contributed by atoms with Gasteiger partial charge in [-0.1, -0.05) is 11.8 Å². The highest BCUT2D eigenvalue weighted by Crippen LogP contribution is 2.27. The Bertz CT molecular complexity index is 1020. The van der Waals surface area contributed by atoms with Crippen molar-refractivity contribution in [3.05, 3.63) is 72.8 Å². The summed E-state index contributed by atoms with van der Waals surface area (Å²) in [6.07, 6.45) is 2.93. The smallest absolute Gasteiger partial charge is 0.276 e. The highest BCUT2D eigenvalue weighted by Gasteiger charge is 2.16. The van der Waals surface area contributed by atoms with Gasteiger partial charge in [0.15, 0.2) is 5.16 Å². The molecule has 0 spiro atoms. The zero-order chi connectivity index (χ0) is 18.0. The Balaban J connectivity index is 1.90. The largest absolute Gasteiger partial charge is 0.301 e. The van der Waals surface area contributed by atoms with Gasteiger partial charge in [0.05, 0.1) is 33.0 Å². The fraction of sp³-hybridized carbons (Fsp3) is 0.0714. The van der Waals surface area contributed by atoms with Crippen LogP contribution in [0.2, 0.25) is 0 Å². The van der Waals surface area contributed by atoms with E-state index in [-0.39, 0.29) is 22.7 Å². The lowest BCUT2D eigenvalue weighted by Crippen LogP contribution is -2.09. The summed E-state index contributed by atoms with van der Waals surface area (Å²) in [4.78, 5) is 43.1. The van der Waals surface area contributed by atoms with Gasteiger partial charge in [-0.05, 0) is 11.6 Å². The van der Waals surface area contributed by atoms with Crippen molar-refractivity contribution < 1.29 is 9.85 Å². The van der Waals surface area contributed by atoms with Crippen LogP contribution in [0, 0.1) is 20.2 Å². The van der Waals surface area contributed by atoms with E-state index in [1.54, 1.807) is 6.07 Å². The summed E-state index contributed by atoms with van der Waals surface area (Å²) in [7, 11) is 0. The van der Waals surface area contributed by atoms with Gasteiger partial charge in [-0.3, -0.25) is 30.0 Å². The molecule has 0 saturated carbocycles. The summed E-state index contributed by atoms with van der Waals surface area (Å²) in [6.45, 7) is 0. The molecule has 1 N–H and O–H groups in total. The molecule has 25 heavy (non-hydrogen) atoms. The van der Waals surface area contributed by atoms with Crippen molar-refractivity contribution >= 4 is 34.0 Å². The average Bonchev–Trinajstić information content (AvgIpc) is 2.59. The fourth-order valence-electron chi connectivity index (χ4n) is 2.14. The number of H-pyrrole nitrogens is 1. The van der Waals surface area contributed by atoms with Gasteiger partial charge in [-0.15, -0.1) is 0 Å². The molecule has 1 aromatic carbocycles. The number of hydrogen-bond donors (Lipinski definition) is 1. The van der Waals surface area contributed by atoms with E-state index >= 15 is 0 Å². The van der Waals surface area contributed by atoms with E-state index in [0.717, 1.165) is 17.8 Å². The molecule has 0 radical (unpaired) electrons. The number of rotatable bonds is 5. The van der Waals surface area contributed by atoms with E-state index in [0.29, 0.717) is 21.6 Å². The quantitative estimate of drug-likeness (QED) is 0.316. The van der Waals surface area contributed by atoms with Crippen LogP contribution >= 0.6 is 11.8 Å². The number of benzene rings is 1. The predicted molar refractivity (Wildman–Crippen MR) is 89.5 cm³/mol. The van der Waals surface area contributed by atoms with E-state index in [4.69, 9.17) is 0 Å². The topological polar surface area (TPSA) is 145 Å². The van der Waals surface area contributed by atoms with Crippen LogP contribution in [0.25, 0.3) is 10.9 Å². The van der Waals surface area contributed by atoms with E-state index in [1.165, 1.54) is 24.5 Å². The first-order valence-electron chi connectivity index (χ1n) is 6.83. The highest BCUT2D eigenvalue weighted by molar-refractivity contribution is 7.98. The third-order valence-corrected chi connectivity index (χ3v) is 4.19. The number of hydrogen-bond acceptors (Lipinski definition) is 8. The molecule has 0 aliphatic heterocycles. The van der Waals surface area contributed by atoms with Crippen LogP contribution in [0.1, 0.15) is 5.56 Å². The molecule has 3 aromatic rings. The van der Waals surface area contributed by atoms with Gasteiger partial charge in [-0.25, -0.2) is 4.98 Å². The number of non-ortho nitro benzene ring substituents is 2. The van der Waals surface area contributed by atoms with Crippen molar-refractivity contribution in [3.63, 3.8) is 0 Å². The standard InChI is InChI=1S/C14H9N5O5S/c20-13-11-1-2-15-6-12(11)16-14(17-13)25-7-8-3-9(18(21)22)5-10(4-8)19(23)24/h1-6H,7H2,(H,16,17,20). The SMILES string of the molecule is O=c1[nH]c(SCc2cc([N+](=O)[O-])cc([N+](=O)[O-])c2)nc2cnccc12.